The van der Waals surface area contributed by atoms with Gasteiger partial charge in [-0.15, -0.1) is 11.6 Å². The third kappa shape index (κ3) is 1.75. The first-order chi connectivity index (χ1) is 9.63. The number of carbonyl (C=O) groups is 1. The Morgan fingerprint density at radius 2 is 1.85 bits per heavy atom. The van der Waals surface area contributed by atoms with E-state index in [1.165, 1.54) is 16.7 Å². The van der Waals surface area contributed by atoms with Crippen LogP contribution in [0.15, 0.2) is 42.5 Å². The van der Waals surface area contributed by atoms with E-state index < -0.39 is 4.92 Å². The molecule has 2 aromatic carbocycles. The Bertz CT molecular complexity index is 854. The number of non-ortho nitro benzene ring substituents is 1. The Morgan fingerprint density at radius 3 is 2.55 bits per heavy atom. The zero-order chi connectivity index (χ0) is 14.3. The van der Waals surface area contributed by atoms with Gasteiger partial charge in [-0.3, -0.25) is 19.5 Å². The van der Waals surface area contributed by atoms with Gasteiger partial charge in [0, 0.05) is 22.9 Å². The smallest absolute Gasteiger partial charge is 0.270 e. The number of fused-ring (bicyclic) bond motifs is 3. The minimum Gasteiger partial charge on any atom is -0.279 e. The van der Waals surface area contributed by atoms with Crippen molar-refractivity contribution in [2.24, 2.45) is 0 Å². The third-order valence-corrected chi connectivity index (χ3v) is 3.46. The fourth-order valence-corrected chi connectivity index (χ4v) is 2.52. The quantitative estimate of drug-likeness (QED) is 0.411. The molecule has 3 aromatic rings. The number of hydrogen-bond donors (Lipinski definition) is 0. The van der Waals surface area contributed by atoms with E-state index in [1.54, 1.807) is 12.1 Å². The summed E-state index contributed by atoms with van der Waals surface area (Å²) in [7, 11) is 0. The predicted molar refractivity (Wildman–Crippen MR) is 77.4 cm³/mol. The Hall–Kier alpha value is -2.40. The maximum absolute atomic E-state index is 12.0. The van der Waals surface area contributed by atoms with Gasteiger partial charge in [0.1, 0.15) is 5.88 Å². The van der Waals surface area contributed by atoms with Crippen molar-refractivity contribution in [2.75, 3.05) is 5.88 Å². The SMILES string of the molecule is O=C(CCl)n1c2ccccc2c2cc([N+](=O)[O-])ccc21. The van der Waals surface area contributed by atoms with Crippen molar-refractivity contribution in [1.29, 1.82) is 0 Å². The second kappa shape index (κ2) is 4.61. The molecule has 6 heteroatoms. The molecule has 0 amide bonds. The van der Waals surface area contributed by atoms with E-state index in [0.29, 0.717) is 16.4 Å². The van der Waals surface area contributed by atoms with Crippen LogP contribution in [0.2, 0.25) is 0 Å². The van der Waals surface area contributed by atoms with Crippen LogP contribution < -0.4 is 0 Å². The molecule has 0 aliphatic rings. The van der Waals surface area contributed by atoms with Gasteiger partial charge in [-0.2, -0.15) is 0 Å². The summed E-state index contributed by atoms with van der Waals surface area (Å²) in [5.41, 5.74) is 1.33. The normalized spacial score (nSPS) is 11.1. The van der Waals surface area contributed by atoms with Crippen molar-refractivity contribution in [3.05, 3.63) is 52.6 Å². The van der Waals surface area contributed by atoms with Gasteiger partial charge in [-0.1, -0.05) is 18.2 Å². The summed E-state index contributed by atoms with van der Waals surface area (Å²) in [6.07, 6.45) is 0. The summed E-state index contributed by atoms with van der Waals surface area (Å²) in [6.45, 7) is 0. The number of aromatic nitrogens is 1. The number of hydrogen-bond acceptors (Lipinski definition) is 3. The van der Waals surface area contributed by atoms with Crippen LogP contribution in [0.25, 0.3) is 21.8 Å². The molecular weight excluding hydrogens is 280 g/mol. The summed E-state index contributed by atoms with van der Waals surface area (Å²) in [5, 5.41) is 12.4. The van der Waals surface area contributed by atoms with E-state index in [1.807, 2.05) is 18.2 Å². The van der Waals surface area contributed by atoms with Gasteiger partial charge in [-0.05, 0) is 12.1 Å². The van der Waals surface area contributed by atoms with Crippen molar-refractivity contribution in [3.63, 3.8) is 0 Å². The van der Waals surface area contributed by atoms with Gasteiger partial charge in [0.25, 0.3) is 5.69 Å². The van der Waals surface area contributed by atoms with Gasteiger partial charge in [0.05, 0.1) is 16.0 Å². The van der Waals surface area contributed by atoms with Crippen LogP contribution >= 0.6 is 11.6 Å². The van der Waals surface area contributed by atoms with Crippen molar-refractivity contribution < 1.29 is 9.72 Å². The fraction of sp³-hybridized carbons (Fsp3) is 0.0714. The largest absolute Gasteiger partial charge is 0.279 e. The van der Waals surface area contributed by atoms with Crippen LogP contribution in [0.5, 0.6) is 0 Å². The monoisotopic (exact) mass is 288 g/mol. The Kier molecular flexibility index (Phi) is 2.91. The average Bonchev–Trinajstić information content (AvgIpc) is 2.80. The molecule has 0 radical (unpaired) electrons. The second-order valence-corrected chi connectivity index (χ2v) is 4.61. The molecule has 5 nitrogen and oxygen atoms in total. The Labute approximate surface area is 118 Å². The van der Waals surface area contributed by atoms with Crippen LogP contribution in [0, 0.1) is 10.1 Å². The highest BCUT2D eigenvalue weighted by molar-refractivity contribution is 6.29. The van der Waals surface area contributed by atoms with Crippen LogP contribution in [-0.4, -0.2) is 21.3 Å². The molecule has 20 heavy (non-hydrogen) atoms. The maximum Gasteiger partial charge on any atom is 0.270 e. The molecule has 0 saturated heterocycles. The molecule has 0 spiro atoms. The topological polar surface area (TPSA) is 65.1 Å². The molecule has 0 fully saturated rings. The molecule has 1 aromatic heterocycles. The minimum absolute atomic E-state index is 0.00118. The number of nitro benzene ring substituents is 1. The van der Waals surface area contributed by atoms with E-state index in [4.69, 9.17) is 11.6 Å². The van der Waals surface area contributed by atoms with Crippen molar-refractivity contribution >= 4 is 45.0 Å². The lowest BCUT2D eigenvalue weighted by molar-refractivity contribution is -0.384. The lowest BCUT2D eigenvalue weighted by Crippen LogP contribution is -2.11. The minimum atomic E-state index is -0.449. The van der Waals surface area contributed by atoms with Gasteiger partial charge in [-0.25, -0.2) is 0 Å². The summed E-state index contributed by atoms with van der Waals surface area (Å²) in [4.78, 5) is 22.5. The Balaban J connectivity index is 2.47. The highest BCUT2D eigenvalue weighted by atomic mass is 35.5. The van der Waals surface area contributed by atoms with Crippen LogP contribution in [0.3, 0.4) is 0 Å². The standard InChI is InChI=1S/C14H9ClN2O3/c15-8-14(18)16-12-4-2-1-3-10(12)11-7-9(17(19)20)5-6-13(11)16/h1-7H,8H2. The molecule has 100 valence electrons. The van der Waals surface area contributed by atoms with E-state index in [0.717, 1.165) is 5.39 Å². The number of para-hydroxylation sites is 1. The molecule has 0 N–H and O–H groups in total. The molecule has 1 heterocycles. The van der Waals surface area contributed by atoms with E-state index in [2.05, 4.69) is 0 Å². The van der Waals surface area contributed by atoms with Gasteiger partial charge >= 0.3 is 0 Å². The van der Waals surface area contributed by atoms with Crippen LogP contribution in [0.4, 0.5) is 5.69 Å². The first-order valence-corrected chi connectivity index (χ1v) is 6.43. The first kappa shape index (κ1) is 12.6. The number of nitro groups is 1. The van der Waals surface area contributed by atoms with Crippen LogP contribution in [0.1, 0.15) is 4.79 Å². The zero-order valence-corrected chi connectivity index (χ0v) is 11.0. The second-order valence-electron chi connectivity index (χ2n) is 4.34. The summed E-state index contributed by atoms with van der Waals surface area (Å²) in [5.74, 6) is -0.406. The summed E-state index contributed by atoms with van der Waals surface area (Å²) >= 11 is 5.65. The molecule has 0 aliphatic heterocycles. The highest BCUT2D eigenvalue weighted by Gasteiger charge is 2.17. The summed E-state index contributed by atoms with van der Waals surface area (Å²) < 4.78 is 1.50. The number of nitrogens with zero attached hydrogens (tertiary/aromatic N) is 2. The third-order valence-electron chi connectivity index (χ3n) is 3.23. The number of halogens is 1. The van der Waals surface area contributed by atoms with E-state index >= 15 is 0 Å². The van der Waals surface area contributed by atoms with E-state index in [9.17, 15) is 14.9 Å². The van der Waals surface area contributed by atoms with Crippen molar-refractivity contribution in [2.45, 2.75) is 0 Å². The maximum atomic E-state index is 12.0. The lowest BCUT2D eigenvalue weighted by atomic mass is 10.1. The zero-order valence-electron chi connectivity index (χ0n) is 10.2. The molecule has 0 bridgehead atoms. The molecule has 0 saturated carbocycles. The summed E-state index contributed by atoms with van der Waals surface area (Å²) in [6, 6.07) is 11.7. The molecule has 0 aliphatic carbocycles. The van der Waals surface area contributed by atoms with Crippen molar-refractivity contribution in [1.82, 2.24) is 4.57 Å². The predicted octanol–water partition coefficient (Wildman–Crippen LogP) is 3.58. The number of rotatable bonds is 2. The fourth-order valence-electron chi connectivity index (χ4n) is 2.40. The van der Waals surface area contributed by atoms with E-state index in [-0.39, 0.29) is 17.5 Å². The molecule has 0 atom stereocenters. The highest BCUT2D eigenvalue weighted by Crippen LogP contribution is 2.31. The molecule has 0 unspecified atom stereocenters. The van der Waals surface area contributed by atoms with Gasteiger partial charge in [0.2, 0.25) is 5.91 Å². The van der Waals surface area contributed by atoms with Crippen LogP contribution in [-0.2, 0) is 0 Å². The lowest BCUT2D eigenvalue weighted by Gasteiger charge is -2.02. The Morgan fingerprint density at radius 1 is 1.15 bits per heavy atom. The molecule has 3 rings (SSSR count). The average molecular weight is 289 g/mol. The van der Waals surface area contributed by atoms with Gasteiger partial charge in [0.15, 0.2) is 0 Å². The first-order valence-electron chi connectivity index (χ1n) is 5.90. The number of alkyl halides is 1. The van der Waals surface area contributed by atoms with Gasteiger partial charge < -0.3 is 0 Å². The number of benzene rings is 2. The molecular formula is C14H9ClN2O3. The van der Waals surface area contributed by atoms with Crippen molar-refractivity contribution in [3.8, 4) is 0 Å². The number of carbonyl (C=O) groups excluding carboxylic acids is 1.